The molecule has 1 heterocycles. The van der Waals surface area contributed by atoms with Crippen molar-refractivity contribution < 1.29 is 13.9 Å². The summed E-state index contributed by atoms with van der Waals surface area (Å²) in [5.41, 5.74) is 0.996. The summed E-state index contributed by atoms with van der Waals surface area (Å²) < 4.78 is 18.3. The van der Waals surface area contributed by atoms with Crippen molar-refractivity contribution in [1.29, 1.82) is 0 Å². The molecule has 2 aromatic rings. The van der Waals surface area contributed by atoms with Crippen LogP contribution in [-0.2, 0) is 9.53 Å². The monoisotopic (exact) mass is 335 g/mol. The molecule has 0 N–H and O–H groups in total. The Morgan fingerprint density at radius 1 is 1.14 bits per heavy atom. The molecule has 3 nitrogen and oxygen atoms in total. The van der Waals surface area contributed by atoms with Gasteiger partial charge in [0.25, 0.3) is 0 Å². The standard InChI is InChI=1S/C16H8Cl2FNO2/c17-12-6-2-5-11(14(12)18)15-20-13(16(21)22-15)8-9-3-1-4-10(19)7-9/h1-8H/b13-8+. The molecule has 0 fully saturated rings. The molecule has 2 aromatic carbocycles. The molecule has 0 unspecified atom stereocenters. The number of benzene rings is 2. The van der Waals surface area contributed by atoms with Crippen LogP contribution in [0.15, 0.2) is 53.2 Å². The van der Waals surface area contributed by atoms with Crippen LogP contribution in [0.3, 0.4) is 0 Å². The summed E-state index contributed by atoms with van der Waals surface area (Å²) >= 11 is 12.0. The van der Waals surface area contributed by atoms with E-state index in [0.717, 1.165) is 0 Å². The molecule has 0 atom stereocenters. The lowest BCUT2D eigenvalue weighted by Gasteiger charge is -2.03. The highest BCUT2D eigenvalue weighted by Gasteiger charge is 2.26. The summed E-state index contributed by atoms with van der Waals surface area (Å²) in [5.74, 6) is -0.960. The first-order valence-electron chi connectivity index (χ1n) is 6.27. The summed E-state index contributed by atoms with van der Waals surface area (Å²) in [5, 5.41) is 0.586. The molecule has 0 bridgehead atoms. The smallest absolute Gasteiger partial charge is 0.363 e. The van der Waals surface area contributed by atoms with E-state index in [9.17, 15) is 9.18 Å². The second-order valence-electron chi connectivity index (χ2n) is 4.49. The Labute approximate surface area is 135 Å². The van der Waals surface area contributed by atoms with Crippen LogP contribution < -0.4 is 0 Å². The van der Waals surface area contributed by atoms with E-state index in [2.05, 4.69) is 4.99 Å². The quantitative estimate of drug-likeness (QED) is 0.599. The average molecular weight is 336 g/mol. The van der Waals surface area contributed by atoms with E-state index in [0.29, 0.717) is 16.1 Å². The third-order valence-electron chi connectivity index (χ3n) is 2.95. The van der Waals surface area contributed by atoms with Crippen LogP contribution in [0.2, 0.25) is 10.0 Å². The minimum absolute atomic E-state index is 0.0663. The zero-order valence-corrected chi connectivity index (χ0v) is 12.5. The van der Waals surface area contributed by atoms with Crippen LogP contribution in [0.5, 0.6) is 0 Å². The third kappa shape index (κ3) is 2.89. The van der Waals surface area contributed by atoms with Gasteiger partial charge in [0.2, 0.25) is 5.90 Å². The molecule has 0 amide bonds. The Kier molecular flexibility index (Phi) is 3.96. The van der Waals surface area contributed by atoms with E-state index in [1.807, 2.05) is 0 Å². The van der Waals surface area contributed by atoms with Gasteiger partial charge in [-0.1, -0.05) is 41.4 Å². The normalized spacial score (nSPS) is 15.9. The molecular weight excluding hydrogens is 328 g/mol. The molecule has 6 heteroatoms. The Bertz CT molecular complexity index is 831. The highest BCUT2D eigenvalue weighted by Crippen LogP contribution is 2.29. The van der Waals surface area contributed by atoms with Gasteiger partial charge in [0.15, 0.2) is 5.70 Å². The number of carbonyl (C=O) groups excluding carboxylic acids is 1. The number of hydrogen-bond acceptors (Lipinski definition) is 3. The SMILES string of the molecule is O=C1OC(c2cccc(Cl)c2Cl)=N/C1=C/c1cccc(F)c1. The van der Waals surface area contributed by atoms with Crippen molar-refractivity contribution >= 4 is 41.1 Å². The maximum Gasteiger partial charge on any atom is 0.363 e. The Morgan fingerprint density at radius 2 is 1.91 bits per heavy atom. The van der Waals surface area contributed by atoms with Gasteiger partial charge in [-0.2, -0.15) is 0 Å². The summed E-state index contributed by atoms with van der Waals surface area (Å²) in [6.45, 7) is 0. The van der Waals surface area contributed by atoms with Gasteiger partial charge in [0.05, 0.1) is 15.6 Å². The van der Waals surface area contributed by atoms with Crippen LogP contribution in [0.4, 0.5) is 4.39 Å². The first kappa shape index (κ1) is 14.8. The van der Waals surface area contributed by atoms with Crippen molar-refractivity contribution in [3.63, 3.8) is 0 Å². The van der Waals surface area contributed by atoms with Crippen LogP contribution in [0, 0.1) is 5.82 Å². The van der Waals surface area contributed by atoms with Crippen LogP contribution in [0.25, 0.3) is 6.08 Å². The molecule has 0 aromatic heterocycles. The number of aliphatic imine (C=N–C) groups is 1. The summed E-state index contributed by atoms with van der Waals surface area (Å²) in [4.78, 5) is 16.0. The van der Waals surface area contributed by atoms with Crippen LogP contribution in [0.1, 0.15) is 11.1 Å². The number of rotatable bonds is 2. The fourth-order valence-corrected chi connectivity index (χ4v) is 2.33. The third-order valence-corrected chi connectivity index (χ3v) is 3.77. The second-order valence-corrected chi connectivity index (χ2v) is 5.28. The Hall–Kier alpha value is -2.17. The summed E-state index contributed by atoms with van der Waals surface area (Å²) in [7, 11) is 0. The lowest BCUT2D eigenvalue weighted by Crippen LogP contribution is -2.06. The van der Waals surface area contributed by atoms with E-state index < -0.39 is 11.8 Å². The lowest BCUT2D eigenvalue weighted by atomic mass is 10.2. The predicted molar refractivity (Wildman–Crippen MR) is 83.5 cm³/mol. The van der Waals surface area contributed by atoms with Gasteiger partial charge in [-0.3, -0.25) is 0 Å². The summed E-state index contributed by atoms with van der Waals surface area (Å²) in [6.07, 6.45) is 1.44. The number of esters is 1. The minimum Gasteiger partial charge on any atom is -0.402 e. The maximum absolute atomic E-state index is 13.2. The number of ether oxygens (including phenoxy) is 1. The van der Waals surface area contributed by atoms with E-state index in [-0.39, 0.29) is 16.6 Å². The Morgan fingerprint density at radius 3 is 2.68 bits per heavy atom. The van der Waals surface area contributed by atoms with Crippen LogP contribution in [-0.4, -0.2) is 11.9 Å². The zero-order chi connectivity index (χ0) is 15.7. The predicted octanol–water partition coefficient (Wildman–Crippen LogP) is 4.48. The van der Waals surface area contributed by atoms with Gasteiger partial charge in [0.1, 0.15) is 5.82 Å². The van der Waals surface area contributed by atoms with E-state index in [1.54, 1.807) is 30.3 Å². The highest BCUT2D eigenvalue weighted by atomic mass is 35.5. The van der Waals surface area contributed by atoms with Crippen molar-refractivity contribution in [2.45, 2.75) is 0 Å². The lowest BCUT2D eigenvalue weighted by molar-refractivity contribution is -0.129. The first-order valence-corrected chi connectivity index (χ1v) is 7.03. The number of hydrogen-bond donors (Lipinski definition) is 0. The number of halogens is 3. The second kappa shape index (κ2) is 5.91. The molecule has 0 radical (unpaired) electrons. The van der Waals surface area contributed by atoms with Crippen molar-refractivity contribution in [3.8, 4) is 0 Å². The van der Waals surface area contributed by atoms with Gasteiger partial charge >= 0.3 is 5.97 Å². The van der Waals surface area contributed by atoms with Gasteiger partial charge in [-0.05, 0) is 35.9 Å². The topological polar surface area (TPSA) is 38.7 Å². The number of cyclic esters (lactones) is 1. The maximum atomic E-state index is 13.2. The van der Waals surface area contributed by atoms with Gasteiger partial charge in [-0.25, -0.2) is 14.2 Å². The molecule has 0 aliphatic carbocycles. The molecule has 110 valence electrons. The summed E-state index contributed by atoms with van der Waals surface area (Å²) in [6, 6.07) is 10.7. The molecule has 3 rings (SSSR count). The molecule has 0 saturated carbocycles. The number of carbonyl (C=O) groups is 1. The zero-order valence-electron chi connectivity index (χ0n) is 11.0. The number of nitrogens with zero attached hydrogens (tertiary/aromatic N) is 1. The molecule has 22 heavy (non-hydrogen) atoms. The van der Waals surface area contributed by atoms with Crippen molar-refractivity contribution in [2.24, 2.45) is 4.99 Å². The first-order chi connectivity index (χ1) is 10.5. The van der Waals surface area contributed by atoms with Crippen LogP contribution >= 0.6 is 23.2 Å². The molecule has 0 spiro atoms. The fourth-order valence-electron chi connectivity index (χ4n) is 1.95. The fraction of sp³-hybridized carbons (Fsp3) is 0. The van der Waals surface area contributed by atoms with Gasteiger partial charge in [-0.15, -0.1) is 0 Å². The molecule has 1 aliphatic heterocycles. The van der Waals surface area contributed by atoms with E-state index >= 15 is 0 Å². The molecular formula is C16H8Cl2FNO2. The van der Waals surface area contributed by atoms with Crippen molar-refractivity contribution in [1.82, 2.24) is 0 Å². The minimum atomic E-state index is -0.629. The molecule has 1 aliphatic rings. The molecule has 0 saturated heterocycles. The highest BCUT2D eigenvalue weighted by molar-refractivity contribution is 6.44. The van der Waals surface area contributed by atoms with Crippen molar-refractivity contribution in [2.75, 3.05) is 0 Å². The Balaban J connectivity index is 2.00. The van der Waals surface area contributed by atoms with Gasteiger partial charge < -0.3 is 4.74 Å². The van der Waals surface area contributed by atoms with E-state index in [4.69, 9.17) is 27.9 Å². The van der Waals surface area contributed by atoms with Crippen molar-refractivity contribution in [3.05, 3.63) is 75.2 Å². The van der Waals surface area contributed by atoms with Gasteiger partial charge in [0, 0.05) is 0 Å². The largest absolute Gasteiger partial charge is 0.402 e. The average Bonchev–Trinajstić information content (AvgIpc) is 2.83. The van der Waals surface area contributed by atoms with E-state index in [1.165, 1.54) is 18.2 Å².